The number of H-pyrrole nitrogens is 1. The summed E-state index contributed by atoms with van der Waals surface area (Å²) in [5.41, 5.74) is 2.00. The van der Waals surface area contributed by atoms with Gasteiger partial charge in [0.1, 0.15) is 18.5 Å². The second-order valence-corrected chi connectivity index (χ2v) is 8.44. The number of piperidine rings is 1. The summed E-state index contributed by atoms with van der Waals surface area (Å²) in [6.45, 7) is 2.20. The third-order valence-corrected chi connectivity index (χ3v) is 6.25. The SMILES string of the molecule is O[C@H](COc1ccc2[nH]ccc2c1)CN1CCC(O)(c2cnc3ccccc3c2)CC1. The third-order valence-electron chi connectivity index (χ3n) is 6.25. The minimum atomic E-state index is -0.874. The highest BCUT2D eigenvalue weighted by Gasteiger charge is 2.34. The van der Waals surface area contributed by atoms with Crippen LogP contribution in [0.3, 0.4) is 0 Å². The van der Waals surface area contributed by atoms with E-state index in [4.69, 9.17) is 4.74 Å². The number of fused-ring (bicyclic) bond motifs is 2. The topological polar surface area (TPSA) is 81.6 Å². The normalized spacial score (nSPS) is 17.7. The molecule has 1 fully saturated rings. The average Bonchev–Trinajstić information content (AvgIpc) is 3.27. The minimum absolute atomic E-state index is 0.241. The van der Waals surface area contributed by atoms with Crippen LogP contribution in [-0.4, -0.2) is 57.4 Å². The molecule has 5 rings (SSSR count). The second kappa shape index (κ2) is 8.30. The Labute approximate surface area is 181 Å². The van der Waals surface area contributed by atoms with Crippen LogP contribution in [0.4, 0.5) is 0 Å². The number of para-hydroxylation sites is 1. The maximum atomic E-state index is 11.2. The molecule has 4 aromatic rings. The van der Waals surface area contributed by atoms with E-state index in [1.807, 2.05) is 60.8 Å². The van der Waals surface area contributed by atoms with Crippen LogP contribution in [0, 0.1) is 0 Å². The third kappa shape index (κ3) is 4.28. The molecule has 0 aliphatic carbocycles. The first-order chi connectivity index (χ1) is 15.1. The number of aromatic amines is 1. The van der Waals surface area contributed by atoms with E-state index in [1.54, 1.807) is 6.20 Å². The van der Waals surface area contributed by atoms with Gasteiger partial charge in [0.05, 0.1) is 11.1 Å². The zero-order valence-electron chi connectivity index (χ0n) is 17.4. The van der Waals surface area contributed by atoms with Gasteiger partial charge in [-0.05, 0) is 49.2 Å². The van der Waals surface area contributed by atoms with Crippen molar-refractivity contribution < 1.29 is 14.9 Å². The van der Waals surface area contributed by atoms with Crippen LogP contribution in [0.5, 0.6) is 5.75 Å². The lowest BCUT2D eigenvalue weighted by atomic mass is 9.84. The minimum Gasteiger partial charge on any atom is -0.491 e. The van der Waals surface area contributed by atoms with Crippen molar-refractivity contribution in [1.82, 2.24) is 14.9 Å². The number of hydrogen-bond donors (Lipinski definition) is 3. The predicted octanol–water partition coefficient (Wildman–Crippen LogP) is 3.44. The smallest absolute Gasteiger partial charge is 0.120 e. The Morgan fingerprint density at radius 2 is 1.90 bits per heavy atom. The monoisotopic (exact) mass is 417 g/mol. The van der Waals surface area contributed by atoms with E-state index >= 15 is 0 Å². The zero-order chi connectivity index (χ0) is 21.3. The second-order valence-electron chi connectivity index (χ2n) is 8.44. The first-order valence-electron chi connectivity index (χ1n) is 10.8. The van der Waals surface area contributed by atoms with Gasteiger partial charge in [-0.3, -0.25) is 4.98 Å². The molecule has 3 heterocycles. The van der Waals surface area contributed by atoms with Crippen LogP contribution in [0.25, 0.3) is 21.8 Å². The molecule has 0 bridgehead atoms. The first-order valence-corrected chi connectivity index (χ1v) is 10.8. The number of likely N-dealkylation sites (tertiary alicyclic amines) is 1. The lowest BCUT2D eigenvalue weighted by Crippen LogP contribution is -2.46. The van der Waals surface area contributed by atoms with Crippen molar-refractivity contribution in [2.45, 2.75) is 24.5 Å². The number of aliphatic hydroxyl groups is 2. The number of aromatic nitrogens is 2. The number of nitrogens with one attached hydrogen (secondary N) is 1. The predicted molar refractivity (Wildman–Crippen MR) is 121 cm³/mol. The fourth-order valence-corrected chi connectivity index (χ4v) is 4.38. The number of rotatable bonds is 6. The van der Waals surface area contributed by atoms with E-state index < -0.39 is 11.7 Å². The van der Waals surface area contributed by atoms with Gasteiger partial charge >= 0.3 is 0 Å². The molecule has 0 saturated carbocycles. The Hall–Kier alpha value is -2.93. The van der Waals surface area contributed by atoms with Gasteiger partial charge in [0.25, 0.3) is 0 Å². The molecule has 1 aliphatic rings. The van der Waals surface area contributed by atoms with Gasteiger partial charge in [0.2, 0.25) is 0 Å². The highest BCUT2D eigenvalue weighted by atomic mass is 16.5. The van der Waals surface area contributed by atoms with Gasteiger partial charge < -0.3 is 24.8 Å². The molecule has 0 unspecified atom stereocenters. The lowest BCUT2D eigenvalue weighted by molar-refractivity contribution is -0.0373. The standard InChI is InChI=1S/C25H27N3O3/c29-21(17-31-22-5-6-24-19(14-22)7-10-26-24)16-28-11-8-25(30,9-12-28)20-13-18-3-1-2-4-23(18)27-15-20/h1-7,10,13-15,21,26,29-30H,8-9,11-12,16-17H2/t21-/m0/s1. The average molecular weight is 418 g/mol. The Morgan fingerprint density at radius 1 is 1.06 bits per heavy atom. The molecule has 6 heteroatoms. The number of pyridine rings is 1. The molecule has 31 heavy (non-hydrogen) atoms. The molecule has 6 nitrogen and oxygen atoms in total. The van der Waals surface area contributed by atoms with E-state index in [2.05, 4.69) is 14.9 Å². The molecule has 1 aliphatic heterocycles. The molecular formula is C25H27N3O3. The molecule has 0 spiro atoms. The van der Waals surface area contributed by atoms with Crippen LogP contribution in [0.15, 0.2) is 67.0 Å². The summed E-state index contributed by atoms with van der Waals surface area (Å²) in [5, 5.41) is 23.8. The molecule has 2 aromatic carbocycles. The summed E-state index contributed by atoms with van der Waals surface area (Å²) in [7, 11) is 0. The molecule has 160 valence electrons. The van der Waals surface area contributed by atoms with Crippen LogP contribution in [0.2, 0.25) is 0 Å². The number of hydrogen-bond acceptors (Lipinski definition) is 5. The molecule has 0 radical (unpaired) electrons. The first kappa shape index (κ1) is 20.0. The van der Waals surface area contributed by atoms with Crippen molar-refractivity contribution >= 4 is 21.8 Å². The van der Waals surface area contributed by atoms with Gasteiger partial charge in [-0.2, -0.15) is 0 Å². The van der Waals surface area contributed by atoms with E-state index in [0.29, 0.717) is 19.4 Å². The number of ether oxygens (including phenoxy) is 1. The Morgan fingerprint density at radius 3 is 2.77 bits per heavy atom. The van der Waals surface area contributed by atoms with Crippen LogP contribution >= 0.6 is 0 Å². The van der Waals surface area contributed by atoms with Gasteiger partial charge in [0, 0.05) is 53.9 Å². The largest absolute Gasteiger partial charge is 0.491 e. The lowest BCUT2D eigenvalue weighted by Gasteiger charge is -2.39. The van der Waals surface area contributed by atoms with Crippen molar-refractivity contribution in [2.24, 2.45) is 0 Å². The summed E-state index contributed by atoms with van der Waals surface area (Å²) < 4.78 is 5.79. The maximum absolute atomic E-state index is 11.2. The Balaban J connectivity index is 1.15. The molecule has 2 aromatic heterocycles. The molecular weight excluding hydrogens is 390 g/mol. The summed E-state index contributed by atoms with van der Waals surface area (Å²) >= 11 is 0. The maximum Gasteiger partial charge on any atom is 0.120 e. The summed E-state index contributed by atoms with van der Waals surface area (Å²) in [4.78, 5) is 9.85. The van der Waals surface area contributed by atoms with Gasteiger partial charge in [-0.15, -0.1) is 0 Å². The van der Waals surface area contributed by atoms with Gasteiger partial charge in [0.15, 0.2) is 0 Å². The van der Waals surface area contributed by atoms with Crippen molar-refractivity contribution in [2.75, 3.05) is 26.2 Å². The number of aliphatic hydroxyl groups excluding tert-OH is 1. The van der Waals surface area contributed by atoms with Crippen LogP contribution < -0.4 is 4.74 Å². The van der Waals surface area contributed by atoms with Crippen LogP contribution in [-0.2, 0) is 5.60 Å². The van der Waals surface area contributed by atoms with Crippen molar-refractivity contribution in [3.05, 3.63) is 72.6 Å². The quantitative estimate of drug-likeness (QED) is 0.448. The highest BCUT2D eigenvalue weighted by Crippen LogP contribution is 2.33. The number of nitrogens with zero attached hydrogens (tertiary/aromatic N) is 2. The Bertz CT molecular complexity index is 1180. The van der Waals surface area contributed by atoms with Gasteiger partial charge in [-0.25, -0.2) is 0 Å². The number of benzene rings is 2. The molecule has 1 atom stereocenters. The Kier molecular flexibility index (Phi) is 5.36. The fraction of sp³-hybridized carbons (Fsp3) is 0.320. The summed E-state index contributed by atoms with van der Waals surface area (Å²) in [6.07, 6.45) is 4.34. The number of β-amino-alcohol motifs (C(OH)–C–C–N with tert-alkyl or cyclic N) is 1. The van der Waals surface area contributed by atoms with Crippen LogP contribution in [0.1, 0.15) is 18.4 Å². The molecule has 1 saturated heterocycles. The summed E-state index contributed by atoms with van der Waals surface area (Å²) in [6, 6.07) is 17.8. The molecule has 3 N–H and O–H groups in total. The fourth-order valence-electron chi connectivity index (χ4n) is 4.38. The highest BCUT2D eigenvalue weighted by molar-refractivity contribution is 5.80. The van der Waals surface area contributed by atoms with Crippen molar-refractivity contribution in [3.63, 3.8) is 0 Å². The van der Waals surface area contributed by atoms with E-state index in [-0.39, 0.29) is 6.61 Å². The van der Waals surface area contributed by atoms with Crippen molar-refractivity contribution in [3.8, 4) is 5.75 Å². The zero-order valence-corrected chi connectivity index (χ0v) is 17.4. The van der Waals surface area contributed by atoms with E-state index in [1.165, 1.54) is 0 Å². The molecule has 0 amide bonds. The van der Waals surface area contributed by atoms with E-state index in [9.17, 15) is 10.2 Å². The summed E-state index contributed by atoms with van der Waals surface area (Å²) in [5.74, 6) is 0.753. The van der Waals surface area contributed by atoms with E-state index in [0.717, 1.165) is 46.2 Å². The van der Waals surface area contributed by atoms with Crippen molar-refractivity contribution in [1.29, 1.82) is 0 Å². The van der Waals surface area contributed by atoms with Gasteiger partial charge in [-0.1, -0.05) is 18.2 Å².